The highest BCUT2D eigenvalue weighted by molar-refractivity contribution is 7.49. The minimum atomic E-state index is -1.39. The predicted molar refractivity (Wildman–Crippen MR) is 175 cm³/mol. The smallest absolute Gasteiger partial charge is 0.287 e. The van der Waals surface area contributed by atoms with Gasteiger partial charge in [0.25, 0.3) is 8.53 Å². The second kappa shape index (κ2) is 16.3. The molecule has 11 heteroatoms. The van der Waals surface area contributed by atoms with Crippen molar-refractivity contribution in [2.24, 2.45) is 0 Å². The molecule has 4 aromatic rings. The van der Waals surface area contributed by atoms with Crippen molar-refractivity contribution in [2.75, 3.05) is 53.9 Å². The van der Waals surface area contributed by atoms with E-state index in [9.17, 15) is 4.79 Å². The Morgan fingerprint density at radius 3 is 1.91 bits per heavy atom. The molecular formula is C32H40NO8PS. The molecule has 0 saturated carbocycles. The highest BCUT2D eigenvalue weighted by Gasteiger charge is 2.27. The van der Waals surface area contributed by atoms with Gasteiger partial charge in [-0.15, -0.1) is 11.3 Å². The number of nitrogens with one attached hydrogen (secondary N) is 1. The number of fused-ring (bicyclic) bond motifs is 1. The van der Waals surface area contributed by atoms with Gasteiger partial charge in [0.2, 0.25) is 5.75 Å². The van der Waals surface area contributed by atoms with Gasteiger partial charge in [-0.2, -0.15) is 0 Å². The number of ketones is 1. The Hall–Kier alpha value is -3.56. The molecule has 3 aromatic carbocycles. The third-order valence-electron chi connectivity index (χ3n) is 6.22. The summed E-state index contributed by atoms with van der Waals surface area (Å²) in [7, 11) is 6.37. The summed E-state index contributed by atoms with van der Waals surface area (Å²) < 4.78 is 40.3. The van der Waals surface area contributed by atoms with Gasteiger partial charge in [0, 0.05) is 20.5 Å². The van der Waals surface area contributed by atoms with Crippen LogP contribution in [0.15, 0.2) is 48.5 Å². The molecule has 0 atom stereocenters. The average molecular weight is 630 g/mol. The quantitative estimate of drug-likeness (QED) is 0.109. The topological polar surface area (TPSA) is 93.7 Å². The molecule has 0 aliphatic carbocycles. The van der Waals surface area contributed by atoms with E-state index < -0.39 is 8.53 Å². The second-order valence-corrected chi connectivity index (χ2v) is 10.8. The van der Waals surface area contributed by atoms with Crippen LogP contribution in [0.25, 0.3) is 20.5 Å². The lowest BCUT2D eigenvalue weighted by Crippen LogP contribution is -2.06. The van der Waals surface area contributed by atoms with E-state index in [4.69, 9.17) is 32.7 Å². The standard InChI is InChI=1S/C30H34NO8PS.C2H6/c1-8-38-40(39-9-2)31-20-15-18(13-14-21(20)33-3)30-27(26-22(34-4)11-10-12-25(26)41-30)28(32)19-16-23(35-5)29(37-7)24(17-19)36-6;1-2/h10-17,31H,8-9H2,1-7H3;1-2H3. The number of carbonyl (C=O) groups is 1. The second-order valence-electron chi connectivity index (χ2n) is 8.50. The summed E-state index contributed by atoms with van der Waals surface area (Å²) in [5, 5.41) is 4.06. The molecule has 0 saturated heterocycles. The van der Waals surface area contributed by atoms with E-state index in [0.29, 0.717) is 58.8 Å². The van der Waals surface area contributed by atoms with Crippen molar-refractivity contribution in [1.82, 2.24) is 0 Å². The Kier molecular flexibility index (Phi) is 12.9. The molecule has 0 unspecified atom stereocenters. The first-order chi connectivity index (χ1) is 20.9. The molecule has 1 N–H and O–H groups in total. The Morgan fingerprint density at radius 2 is 1.37 bits per heavy atom. The molecule has 4 rings (SSSR count). The summed E-state index contributed by atoms with van der Waals surface area (Å²) in [5.41, 5.74) is 2.39. The van der Waals surface area contributed by atoms with Gasteiger partial charge in [-0.3, -0.25) is 4.79 Å². The molecule has 0 spiro atoms. The third kappa shape index (κ3) is 7.33. The van der Waals surface area contributed by atoms with Crippen molar-refractivity contribution in [3.05, 3.63) is 59.7 Å². The van der Waals surface area contributed by atoms with E-state index in [1.807, 2.05) is 64.1 Å². The van der Waals surface area contributed by atoms with Crippen molar-refractivity contribution in [1.29, 1.82) is 0 Å². The number of thiophene rings is 1. The van der Waals surface area contributed by atoms with Crippen LogP contribution in [0.3, 0.4) is 0 Å². The van der Waals surface area contributed by atoms with Crippen molar-refractivity contribution in [3.8, 4) is 39.2 Å². The number of hydrogen-bond acceptors (Lipinski definition) is 10. The molecule has 0 fully saturated rings. The molecule has 0 amide bonds. The molecule has 0 aliphatic heterocycles. The van der Waals surface area contributed by atoms with Crippen molar-refractivity contribution < 1.29 is 37.5 Å². The lowest BCUT2D eigenvalue weighted by molar-refractivity contribution is 0.104. The summed E-state index contributed by atoms with van der Waals surface area (Å²) in [6.07, 6.45) is 0. The van der Waals surface area contributed by atoms with Gasteiger partial charge in [-0.05, 0) is 61.9 Å². The van der Waals surface area contributed by atoms with Crippen LogP contribution in [0.2, 0.25) is 0 Å². The van der Waals surface area contributed by atoms with Crippen LogP contribution in [0.1, 0.15) is 43.6 Å². The van der Waals surface area contributed by atoms with Crippen LogP contribution in [-0.4, -0.2) is 54.5 Å². The third-order valence-corrected chi connectivity index (χ3v) is 8.83. The minimum absolute atomic E-state index is 0.216. The van der Waals surface area contributed by atoms with Gasteiger partial charge >= 0.3 is 0 Å². The van der Waals surface area contributed by atoms with E-state index in [0.717, 1.165) is 20.5 Å². The monoisotopic (exact) mass is 629 g/mol. The molecule has 9 nitrogen and oxygen atoms in total. The van der Waals surface area contributed by atoms with E-state index in [2.05, 4.69) is 5.09 Å². The number of carbonyl (C=O) groups excluding carboxylic acids is 1. The van der Waals surface area contributed by atoms with Gasteiger partial charge in [0.15, 0.2) is 17.3 Å². The van der Waals surface area contributed by atoms with Gasteiger partial charge in [-0.25, -0.2) is 0 Å². The number of hydrogen-bond donors (Lipinski definition) is 1. The van der Waals surface area contributed by atoms with Crippen LogP contribution < -0.4 is 28.8 Å². The van der Waals surface area contributed by atoms with Crippen LogP contribution in [0, 0.1) is 0 Å². The fourth-order valence-corrected chi connectivity index (χ4v) is 6.69. The number of anilines is 1. The largest absolute Gasteiger partial charge is 0.496 e. The molecule has 0 bridgehead atoms. The molecular weight excluding hydrogens is 589 g/mol. The highest BCUT2D eigenvalue weighted by atomic mass is 32.1. The van der Waals surface area contributed by atoms with Gasteiger partial charge in [-0.1, -0.05) is 19.9 Å². The summed E-state index contributed by atoms with van der Waals surface area (Å²) in [6.45, 7) is 8.80. The van der Waals surface area contributed by atoms with E-state index in [1.165, 1.54) is 32.7 Å². The van der Waals surface area contributed by atoms with E-state index in [1.54, 1.807) is 26.4 Å². The fraction of sp³-hybridized carbons (Fsp3) is 0.344. The molecule has 1 aromatic heterocycles. The molecule has 0 radical (unpaired) electrons. The predicted octanol–water partition coefficient (Wildman–Crippen LogP) is 8.58. The van der Waals surface area contributed by atoms with Crippen molar-refractivity contribution >= 4 is 41.4 Å². The zero-order valence-corrected chi connectivity index (χ0v) is 27.9. The number of methoxy groups -OCH3 is 5. The van der Waals surface area contributed by atoms with Crippen LogP contribution in [0.4, 0.5) is 5.69 Å². The van der Waals surface area contributed by atoms with Gasteiger partial charge in [0.05, 0.1) is 60.0 Å². The Labute approximate surface area is 258 Å². The number of benzene rings is 3. The maximum Gasteiger partial charge on any atom is 0.287 e. The fourth-order valence-electron chi connectivity index (χ4n) is 4.43. The molecule has 43 heavy (non-hydrogen) atoms. The van der Waals surface area contributed by atoms with Crippen LogP contribution in [-0.2, 0) is 9.05 Å². The van der Waals surface area contributed by atoms with Gasteiger partial charge in [0.1, 0.15) is 11.5 Å². The summed E-state index contributed by atoms with van der Waals surface area (Å²) >= 11 is 1.50. The maximum atomic E-state index is 14.4. The SMILES string of the molecule is CC.CCOP(Nc1cc(-c2sc3cccc(OC)c3c2C(=O)c2cc(OC)c(OC)c(OC)c2)ccc1OC)OCC. The minimum Gasteiger partial charge on any atom is -0.496 e. The van der Waals surface area contributed by atoms with Gasteiger partial charge < -0.3 is 37.8 Å². The first-order valence-corrected chi connectivity index (χ1v) is 15.9. The first-order valence-electron chi connectivity index (χ1n) is 13.9. The summed E-state index contributed by atoms with van der Waals surface area (Å²) in [5.74, 6) is 2.19. The molecule has 1 heterocycles. The lowest BCUT2D eigenvalue weighted by Gasteiger charge is -2.19. The lowest BCUT2D eigenvalue weighted by atomic mass is 9.96. The zero-order chi connectivity index (χ0) is 31.5. The average Bonchev–Trinajstić information content (AvgIpc) is 3.44. The highest BCUT2D eigenvalue weighted by Crippen LogP contribution is 2.48. The normalized spacial score (nSPS) is 10.7. The summed E-state index contributed by atoms with van der Waals surface area (Å²) in [4.78, 5) is 15.2. The molecule has 0 aliphatic rings. The van der Waals surface area contributed by atoms with Crippen LogP contribution in [0.5, 0.6) is 28.7 Å². The maximum absolute atomic E-state index is 14.4. The van der Waals surface area contributed by atoms with Crippen molar-refractivity contribution in [2.45, 2.75) is 27.7 Å². The van der Waals surface area contributed by atoms with Crippen molar-refractivity contribution in [3.63, 3.8) is 0 Å². The molecule has 232 valence electrons. The van der Waals surface area contributed by atoms with Crippen LogP contribution >= 0.6 is 19.9 Å². The Bertz CT molecular complexity index is 1490. The zero-order valence-electron chi connectivity index (χ0n) is 26.2. The Morgan fingerprint density at radius 1 is 0.767 bits per heavy atom. The van der Waals surface area contributed by atoms with E-state index >= 15 is 0 Å². The van der Waals surface area contributed by atoms with E-state index in [-0.39, 0.29) is 5.78 Å². The number of ether oxygens (including phenoxy) is 5. The summed E-state index contributed by atoms with van der Waals surface area (Å²) in [6, 6.07) is 14.8. The first kappa shape index (κ1) is 33.9. The number of rotatable bonds is 14. The Balaban J connectivity index is 0.00000248.